The van der Waals surface area contributed by atoms with Gasteiger partial charge in [-0.15, -0.1) is 0 Å². The SMILES string of the molecule is C#CN(C(=O)C(CC(C)C)NC(=O)OC(C)(C)C)C(C(=O)NCc1ccccc1)c1ccccc1. The maximum Gasteiger partial charge on any atom is 0.408 e. The average molecular weight is 478 g/mol. The van der Waals surface area contributed by atoms with Gasteiger partial charge in [0.05, 0.1) is 0 Å². The molecule has 0 spiro atoms. The van der Waals surface area contributed by atoms with Crippen LogP contribution in [0.1, 0.15) is 58.2 Å². The van der Waals surface area contributed by atoms with E-state index in [1.165, 1.54) is 0 Å². The zero-order valence-corrected chi connectivity index (χ0v) is 21.1. The molecule has 35 heavy (non-hydrogen) atoms. The Morgan fingerprint density at radius 3 is 2.09 bits per heavy atom. The Kier molecular flexibility index (Phi) is 9.89. The predicted octanol–water partition coefficient (Wildman–Crippen LogP) is 4.40. The predicted molar refractivity (Wildman–Crippen MR) is 136 cm³/mol. The topological polar surface area (TPSA) is 87.7 Å². The number of carbonyl (C=O) groups is 3. The molecule has 2 atom stereocenters. The summed E-state index contributed by atoms with van der Waals surface area (Å²) in [5.41, 5.74) is 0.742. The second-order valence-corrected chi connectivity index (χ2v) is 9.68. The third-order valence-electron chi connectivity index (χ3n) is 5.00. The highest BCUT2D eigenvalue weighted by atomic mass is 16.6. The first kappa shape index (κ1) is 27.5. The molecule has 0 bridgehead atoms. The minimum atomic E-state index is -1.08. The molecule has 2 aromatic rings. The van der Waals surface area contributed by atoms with Gasteiger partial charge in [-0.3, -0.25) is 14.5 Å². The summed E-state index contributed by atoms with van der Waals surface area (Å²) in [6, 6.07) is 18.6. The molecule has 3 amide bonds. The summed E-state index contributed by atoms with van der Waals surface area (Å²) in [5, 5.41) is 5.52. The molecule has 0 fully saturated rings. The third-order valence-corrected chi connectivity index (χ3v) is 5.00. The molecule has 7 nitrogen and oxygen atoms in total. The van der Waals surface area contributed by atoms with E-state index in [0.29, 0.717) is 12.0 Å². The maximum atomic E-state index is 13.6. The molecule has 0 aliphatic rings. The zero-order chi connectivity index (χ0) is 26.0. The van der Waals surface area contributed by atoms with Crippen molar-refractivity contribution in [2.75, 3.05) is 0 Å². The fourth-order valence-electron chi connectivity index (χ4n) is 3.51. The van der Waals surface area contributed by atoms with Crippen LogP contribution in [0.4, 0.5) is 4.79 Å². The van der Waals surface area contributed by atoms with Crippen LogP contribution < -0.4 is 10.6 Å². The van der Waals surface area contributed by atoms with E-state index in [9.17, 15) is 14.4 Å². The van der Waals surface area contributed by atoms with Crippen molar-refractivity contribution < 1.29 is 19.1 Å². The highest BCUT2D eigenvalue weighted by Gasteiger charge is 2.36. The molecule has 0 aromatic heterocycles. The molecule has 2 rings (SSSR count). The van der Waals surface area contributed by atoms with Crippen LogP contribution in [-0.4, -0.2) is 34.5 Å². The summed E-state index contributed by atoms with van der Waals surface area (Å²) < 4.78 is 5.34. The van der Waals surface area contributed by atoms with Crippen molar-refractivity contribution >= 4 is 17.9 Å². The fraction of sp³-hybridized carbons (Fsp3) is 0.393. The molecule has 0 saturated heterocycles. The van der Waals surface area contributed by atoms with Gasteiger partial charge < -0.3 is 15.4 Å². The maximum absolute atomic E-state index is 13.6. The van der Waals surface area contributed by atoms with Crippen LogP contribution in [0.15, 0.2) is 60.7 Å². The molecule has 7 heteroatoms. The third kappa shape index (κ3) is 8.82. The lowest BCUT2D eigenvalue weighted by molar-refractivity contribution is -0.139. The number of carbonyl (C=O) groups excluding carboxylic acids is 3. The van der Waals surface area contributed by atoms with E-state index in [0.717, 1.165) is 10.5 Å². The second-order valence-electron chi connectivity index (χ2n) is 9.68. The number of rotatable bonds is 9. The Morgan fingerprint density at radius 2 is 1.57 bits per heavy atom. The quantitative estimate of drug-likeness (QED) is 0.414. The molecular weight excluding hydrogens is 442 g/mol. The van der Waals surface area contributed by atoms with Crippen LogP contribution in [0.5, 0.6) is 0 Å². The number of nitrogens with one attached hydrogen (secondary N) is 2. The highest BCUT2D eigenvalue weighted by molar-refractivity contribution is 5.93. The second kappa shape index (κ2) is 12.6. The van der Waals surface area contributed by atoms with E-state index in [1.807, 2.05) is 50.2 Å². The Hall–Kier alpha value is -3.79. The summed E-state index contributed by atoms with van der Waals surface area (Å²) in [6.45, 7) is 9.35. The van der Waals surface area contributed by atoms with Gasteiger partial charge in [0.2, 0.25) is 5.91 Å². The number of alkyl carbamates (subject to hydrolysis) is 1. The Balaban J connectivity index is 2.33. The monoisotopic (exact) mass is 477 g/mol. The summed E-state index contributed by atoms with van der Waals surface area (Å²) in [5.74, 6) is -0.914. The smallest absolute Gasteiger partial charge is 0.408 e. The number of hydrogen-bond acceptors (Lipinski definition) is 4. The van der Waals surface area contributed by atoms with Gasteiger partial charge in [0, 0.05) is 12.6 Å². The van der Waals surface area contributed by atoms with Crippen molar-refractivity contribution in [1.29, 1.82) is 0 Å². The minimum absolute atomic E-state index is 0.0700. The average Bonchev–Trinajstić information content (AvgIpc) is 2.79. The Labute approximate surface area is 208 Å². The van der Waals surface area contributed by atoms with Crippen LogP contribution in [0.25, 0.3) is 0 Å². The molecule has 2 N–H and O–H groups in total. The molecular formula is C28H35N3O4. The normalized spacial score (nSPS) is 12.7. The summed E-state index contributed by atoms with van der Waals surface area (Å²) in [7, 11) is 0. The van der Waals surface area contributed by atoms with Crippen molar-refractivity contribution in [3.05, 3.63) is 71.8 Å². The Morgan fingerprint density at radius 1 is 1.00 bits per heavy atom. The van der Waals surface area contributed by atoms with Crippen molar-refractivity contribution in [2.45, 2.75) is 65.3 Å². The van der Waals surface area contributed by atoms with Crippen molar-refractivity contribution in [3.63, 3.8) is 0 Å². The number of ether oxygens (including phenoxy) is 1. The van der Waals surface area contributed by atoms with Gasteiger partial charge in [-0.1, -0.05) is 80.9 Å². The first-order valence-electron chi connectivity index (χ1n) is 11.7. The molecule has 2 aromatic carbocycles. The molecule has 0 heterocycles. The summed E-state index contributed by atoms with van der Waals surface area (Å²) in [6.07, 6.45) is 5.39. The summed E-state index contributed by atoms with van der Waals surface area (Å²) in [4.78, 5) is 40.5. The van der Waals surface area contributed by atoms with E-state index in [2.05, 4.69) is 16.7 Å². The van der Waals surface area contributed by atoms with Crippen molar-refractivity contribution in [1.82, 2.24) is 15.5 Å². The van der Waals surface area contributed by atoms with E-state index in [-0.39, 0.29) is 12.5 Å². The molecule has 0 aliphatic heterocycles. The number of terminal acetylenes is 1. The van der Waals surface area contributed by atoms with Crippen LogP contribution in [0.3, 0.4) is 0 Å². The number of benzene rings is 2. The first-order valence-corrected chi connectivity index (χ1v) is 11.7. The van der Waals surface area contributed by atoms with E-state index < -0.39 is 35.6 Å². The molecule has 186 valence electrons. The van der Waals surface area contributed by atoms with E-state index >= 15 is 0 Å². The molecule has 0 aliphatic carbocycles. The summed E-state index contributed by atoms with van der Waals surface area (Å²) >= 11 is 0. The van der Waals surface area contributed by atoms with Gasteiger partial charge in [-0.05, 0) is 44.2 Å². The van der Waals surface area contributed by atoms with Gasteiger partial charge in [0.25, 0.3) is 5.91 Å². The molecule has 0 radical (unpaired) electrons. The lowest BCUT2D eigenvalue weighted by atomic mass is 9.99. The molecule has 2 unspecified atom stereocenters. The van der Waals surface area contributed by atoms with E-state index in [1.54, 1.807) is 45.0 Å². The standard InChI is InChI=1S/C28H35N3O4/c1-7-31(26(33)23(18-20(2)3)30-27(34)35-28(4,5)6)24(22-16-12-9-13-17-22)25(32)29-19-21-14-10-8-11-15-21/h1,8-17,20,23-24H,18-19H2,2-6H3,(H,29,32)(H,30,34). The van der Waals surface area contributed by atoms with Crippen LogP contribution in [0, 0.1) is 18.4 Å². The largest absolute Gasteiger partial charge is 0.444 e. The molecule has 0 saturated carbocycles. The van der Waals surface area contributed by atoms with Crippen LogP contribution in [0.2, 0.25) is 0 Å². The van der Waals surface area contributed by atoms with Crippen LogP contribution >= 0.6 is 0 Å². The van der Waals surface area contributed by atoms with Gasteiger partial charge >= 0.3 is 6.09 Å². The minimum Gasteiger partial charge on any atom is -0.444 e. The van der Waals surface area contributed by atoms with Gasteiger partial charge in [0.1, 0.15) is 17.7 Å². The lowest BCUT2D eigenvalue weighted by Crippen LogP contribution is -2.51. The van der Waals surface area contributed by atoms with Gasteiger partial charge in [0.15, 0.2) is 0 Å². The lowest BCUT2D eigenvalue weighted by Gasteiger charge is -2.31. The van der Waals surface area contributed by atoms with E-state index in [4.69, 9.17) is 11.2 Å². The van der Waals surface area contributed by atoms with Gasteiger partial charge in [-0.2, -0.15) is 0 Å². The Bertz CT molecular complexity index is 1020. The number of hydrogen-bond donors (Lipinski definition) is 2. The van der Waals surface area contributed by atoms with Gasteiger partial charge in [-0.25, -0.2) is 4.79 Å². The van der Waals surface area contributed by atoms with Crippen molar-refractivity contribution in [3.8, 4) is 12.5 Å². The highest BCUT2D eigenvalue weighted by Crippen LogP contribution is 2.23. The number of amides is 3. The zero-order valence-electron chi connectivity index (χ0n) is 21.1. The van der Waals surface area contributed by atoms with Crippen LogP contribution in [-0.2, 0) is 20.9 Å². The fourth-order valence-corrected chi connectivity index (χ4v) is 3.51. The van der Waals surface area contributed by atoms with Crippen molar-refractivity contribution in [2.24, 2.45) is 5.92 Å². The first-order chi connectivity index (χ1) is 16.5. The number of nitrogens with zero attached hydrogens (tertiary/aromatic N) is 1.